The first-order valence-corrected chi connectivity index (χ1v) is 6.73. The minimum atomic E-state index is 0.0748. The van der Waals surface area contributed by atoms with Gasteiger partial charge in [-0.1, -0.05) is 43.7 Å². The number of carbonyl (C=O) groups is 1. The Morgan fingerprint density at radius 3 is 2.61 bits per heavy atom. The van der Waals surface area contributed by atoms with E-state index in [2.05, 4.69) is 12.2 Å². The van der Waals surface area contributed by atoms with Crippen molar-refractivity contribution in [1.82, 2.24) is 5.32 Å². The molecule has 1 rings (SSSR count). The summed E-state index contributed by atoms with van der Waals surface area (Å²) < 4.78 is 0. The molecular formula is C15H23NO2. The van der Waals surface area contributed by atoms with Gasteiger partial charge >= 0.3 is 0 Å². The second-order valence-corrected chi connectivity index (χ2v) is 4.50. The van der Waals surface area contributed by atoms with Crippen LogP contribution in [0.25, 0.3) is 0 Å². The van der Waals surface area contributed by atoms with Crippen molar-refractivity contribution in [2.24, 2.45) is 0 Å². The number of amides is 1. The lowest BCUT2D eigenvalue weighted by Crippen LogP contribution is -2.28. The number of aliphatic hydroxyl groups excluding tert-OH is 1. The quantitative estimate of drug-likeness (QED) is 0.696. The average Bonchev–Trinajstić information content (AvgIpc) is 2.39. The Morgan fingerprint density at radius 1 is 1.28 bits per heavy atom. The van der Waals surface area contributed by atoms with Crippen molar-refractivity contribution in [3.63, 3.8) is 0 Å². The van der Waals surface area contributed by atoms with E-state index >= 15 is 0 Å². The van der Waals surface area contributed by atoms with Gasteiger partial charge in [-0.05, 0) is 24.8 Å². The van der Waals surface area contributed by atoms with Gasteiger partial charge in [0.15, 0.2) is 0 Å². The van der Waals surface area contributed by atoms with Crippen LogP contribution >= 0.6 is 0 Å². The van der Waals surface area contributed by atoms with Crippen LogP contribution in [0, 0.1) is 0 Å². The molecule has 0 saturated carbocycles. The molecule has 0 heterocycles. The smallest absolute Gasteiger partial charge is 0.220 e. The number of carbonyl (C=O) groups excluding carboxylic acids is 1. The SMILES string of the molecule is CCCC(NC(=O)CCCCO)c1ccccc1. The predicted octanol–water partition coefficient (Wildman–Crippen LogP) is 2.81. The molecule has 0 fully saturated rings. The zero-order chi connectivity index (χ0) is 13.2. The topological polar surface area (TPSA) is 49.3 Å². The summed E-state index contributed by atoms with van der Waals surface area (Å²) in [6.45, 7) is 2.28. The molecule has 0 spiro atoms. The summed E-state index contributed by atoms with van der Waals surface area (Å²) in [6, 6.07) is 10.2. The number of hydrogen-bond donors (Lipinski definition) is 2. The van der Waals surface area contributed by atoms with Gasteiger partial charge in [0.05, 0.1) is 6.04 Å². The number of benzene rings is 1. The van der Waals surface area contributed by atoms with Gasteiger partial charge in [0.1, 0.15) is 0 Å². The van der Waals surface area contributed by atoms with E-state index in [0.29, 0.717) is 12.8 Å². The molecule has 100 valence electrons. The summed E-state index contributed by atoms with van der Waals surface area (Å²) >= 11 is 0. The van der Waals surface area contributed by atoms with Crippen molar-refractivity contribution in [2.75, 3.05) is 6.61 Å². The first kappa shape index (κ1) is 14.7. The number of hydrogen-bond acceptors (Lipinski definition) is 2. The Hall–Kier alpha value is -1.35. The summed E-state index contributed by atoms with van der Waals surface area (Å²) in [7, 11) is 0. The van der Waals surface area contributed by atoms with E-state index in [-0.39, 0.29) is 18.6 Å². The van der Waals surface area contributed by atoms with Gasteiger partial charge in [0, 0.05) is 13.0 Å². The van der Waals surface area contributed by atoms with Gasteiger partial charge in [0.2, 0.25) is 5.91 Å². The summed E-state index contributed by atoms with van der Waals surface area (Å²) in [5.74, 6) is 0.0748. The molecule has 3 nitrogen and oxygen atoms in total. The highest BCUT2D eigenvalue weighted by Gasteiger charge is 2.12. The van der Waals surface area contributed by atoms with Gasteiger partial charge < -0.3 is 10.4 Å². The summed E-state index contributed by atoms with van der Waals surface area (Å²) in [6.07, 6.45) is 3.92. The Labute approximate surface area is 109 Å². The van der Waals surface area contributed by atoms with E-state index in [1.54, 1.807) is 0 Å². The number of aliphatic hydroxyl groups is 1. The first-order chi connectivity index (χ1) is 8.77. The van der Waals surface area contributed by atoms with E-state index in [9.17, 15) is 4.79 Å². The molecule has 1 aromatic carbocycles. The molecule has 0 aliphatic heterocycles. The molecule has 1 unspecified atom stereocenters. The van der Waals surface area contributed by atoms with Crippen LogP contribution in [0.2, 0.25) is 0 Å². The maximum Gasteiger partial charge on any atom is 0.220 e. The first-order valence-electron chi connectivity index (χ1n) is 6.73. The predicted molar refractivity (Wildman–Crippen MR) is 73.2 cm³/mol. The van der Waals surface area contributed by atoms with Crippen LogP contribution in [-0.2, 0) is 4.79 Å². The molecule has 0 bridgehead atoms. The van der Waals surface area contributed by atoms with Crippen LogP contribution in [-0.4, -0.2) is 17.6 Å². The third-order valence-corrected chi connectivity index (χ3v) is 2.93. The van der Waals surface area contributed by atoms with Gasteiger partial charge in [-0.15, -0.1) is 0 Å². The van der Waals surface area contributed by atoms with Crippen molar-refractivity contribution in [3.05, 3.63) is 35.9 Å². The molecule has 0 radical (unpaired) electrons. The average molecular weight is 249 g/mol. The normalized spacial score (nSPS) is 12.1. The summed E-state index contributed by atoms with van der Waals surface area (Å²) in [4.78, 5) is 11.8. The van der Waals surface area contributed by atoms with Crippen LogP contribution in [0.5, 0.6) is 0 Å². The molecule has 1 aromatic rings. The number of unbranched alkanes of at least 4 members (excludes halogenated alkanes) is 1. The van der Waals surface area contributed by atoms with Crippen molar-refractivity contribution in [1.29, 1.82) is 0 Å². The lowest BCUT2D eigenvalue weighted by molar-refractivity contribution is -0.122. The number of rotatable bonds is 8. The van der Waals surface area contributed by atoms with Gasteiger partial charge in [-0.3, -0.25) is 4.79 Å². The molecule has 0 aromatic heterocycles. The Balaban J connectivity index is 2.50. The Morgan fingerprint density at radius 2 is 2.00 bits per heavy atom. The summed E-state index contributed by atoms with van der Waals surface area (Å²) in [5.41, 5.74) is 1.16. The van der Waals surface area contributed by atoms with Crippen molar-refractivity contribution in [3.8, 4) is 0 Å². The van der Waals surface area contributed by atoms with E-state index in [4.69, 9.17) is 5.11 Å². The fourth-order valence-corrected chi connectivity index (χ4v) is 1.96. The fraction of sp³-hybridized carbons (Fsp3) is 0.533. The molecule has 18 heavy (non-hydrogen) atoms. The standard InChI is InChI=1S/C15H23NO2/c1-2-8-14(13-9-4-3-5-10-13)16-15(18)11-6-7-12-17/h3-5,9-10,14,17H,2,6-8,11-12H2,1H3,(H,16,18). The Bertz CT molecular complexity index is 338. The summed E-state index contributed by atoms with van der Waals surface area (Å²) in [5, 5.41) is 11.8. The zero-order valence-corrected chi connectivity index (χ0v) is 11.1. The molecule has 1 amide bonds. The largest absolute Gasteiger partial charge is 0.396 e. The van der Waals surface area contributed by atoms with Crippen LogP contribution in [0.3, 0.4) is 0 Å². The van der Waals surface area contributed by atoms with Crippen molar-refractivity contribution in [2.45, 2.75) is 45.1 Å². The van der Waals surface area contributed by atoms with Crippen molar-refractivity contribution >= 4 is 5.91 Å². The second-order valence-electron chi connectivity index (χ2n) is 4.50. The lowest BCUT2D eigenvalue weighted by atomic mass is 10.0. The van der Waals surface area contributed by atoms with E-state index < -0.39 is 0 Å². The monoisotopic (exact) mass is 249 g/mol. The molecule has 3 heteroatoms. The third kappa shape index (κ3) is 5.32. The second kappa shape index (κ2) is 8.70. The highest BCUT2D eigenvalue weighted by atomic mass is 16.2. The number of nitrogens with one attached hydrogen (secondary N) is 1. The highest BCUT2D eigenvalue weighted by molar-refractivity contribution is 5.76. The lowest BCUT2D eigenvalue weighted by Gasteiger charge is -2.18. The van der Waals surface area contributed by atoms with E-state index in [1.807, 2.05) is 30.3 Å². The fourth-order valence-electron chi connectivity index (χ4n) is 1.96. The van der Waals surface area contributed by atoms with Crippen molar-refractivity contribution < 1.29 is 9.90 Å². The molecule has 1 atom stereocenters. The molecule has 0 saturated heterocycles. The molecule has 2 N–H and O–H groups in total. The van der Waals surface area contributed by atoms with Crippen LogP contribution in [0.1, 0.15) is 50.6 Å². The molecular weight excluding hydrogens is 226 g/mol. The maximum atomic E-state index is 11.8. The van der Waals surface area contributed by atoms with E-state index in [0.717, 1.165) is 24.8 Å². The third-order valence-electron chi connectivity index (χ3n) is 2.93. The minimum Gasteiger partial charge on any atom is -0.396 e. The van der Waals surface area contributed by atoms with Gasteiger partial charge in [-0.25, -0.2) is 0 Å². The maximum absolute atomic E-state index is 11.8. The van der Waals surface area contributed by atoms with Gasteiger partial charge in [0.25, 0.3) is 0 Å². The van der Waals surface area contributed by atoms with Crippen LogP contribution in [0.15, 0.2) is 30.3 Å². The zero-order valence-electron chi connectivity index (χ0n) is 11.1. The molecule has 0 aliphatic rings. The van der Waals surface area contributed by atoms with Crippen LogP contribution in [0.4, 0.5) is 0 Å². The Kier molecular flexibility index (Phi) is 7.11. The minimum absolute atomic E-state index is 0.0748. The highest BCUT2D eigenvalue weighted by Crippen LogP contribution is 2.18. The van der Waals surface area contributed by atoms with E-state index in [1.165, 1.54) is 0 Å². The molecule has 0 aliphatic carbocycles. The van der Waals surface area contributed by atoms with Crippen LogP contribution < -0.4 is 5.32 Å². The van der Waals surface area contributed by atoms with Gasteiger partial charge in [-0.2, -0.15) is 0 Å².